The van der Waals surface area contributed by atoms with E-state index in [2.05, 4.69) is 15.9 Å². The molecule has 0 aromatic heterocycles. The topological polar surface area (TPSA) is 37.4 Å². The zero-order chi connectivity index (χ0) is 14.8. The van der Waals surface area contributed by atoms with Crippen LogP contribution in [0, 0.1) is 5.41 Å². The second-order valence-electron chi connectivity index (χ2n) is 5.72. The van der Waals surface area contributed by atoms with Crippen LogP contribution in [0.3, 0.4) is 0 Å². The van der Waals surface area contributed by atoms with Crippen molar-refractivity contribution in [3.05, 3.63) is 28.2 Å². The fourth-order valence-electron chi connectivity index (χ4n) is 1.75. The smallest absolute Gasteiger partial charge is 0.207 e. The normalized spacial score (nSPS) is 13.0. The van der Waals surface area contributed by atoms with E-state index in [1.54, 1.807) is 25.2 Å². The van der Waals surface area contributed by atoms with Gasteiger partial charge < -0.3 is 0 Å². The lowest BCUT2D eigenvalue weighted by Crippen LogP contribution is -2.34. The van der Waals surface area contributed by atoms with Gasteiger partial charge in [-0.3, -0.25) is 0 Å². The van der Waals surface area contributed by atoms with E-state index in [0.717, 1.165) is 5.56 Å². The van der Waals surface area contributed by atoms with Crippen LogP contribution >= 0.6 is 27.5 Å². The summed E-state index contributed by atoms with van der Waals surface area (Å²) < 4.78 is 27.0. The van der Waals surface area contributed by atoms with Crippen LogP contribution in [0.15, 0.2) is 27.6 Å². The second kappa shape index (κ2) is 6.12. The summed E-state index contributed by atoms with van der Waals surface area (Å²) in [5, 5.41) is 0. The lowest BCUT2D eigenvalue weighted by Gasteiger charge is -2.26. The molecule has 3 nitrogen and oxygen atoms in total. The Morgan fingerprint density at radius 1 is 1.32 bits per heavy atom. The molecule has 0 aliphatic rings. The van der Waals surface area contributed by atoms with Crippen LogP contribution < -0.4 is 0 Å². The van der Waals surface area contributed by atoms with Crippen molar-refractivity contribution in [3.8, 4) is 0 Å². The van der Waals surface area contributed by atoms with Crippen LogP contribution in [0.25, 0.3) is 0 Å². The van der Waals surface area contributed by atoms with E-state index < -0.39 is 10.0 Å². The van der Waals surface area contributed by atoms with E-state index in [1.807, 2.05) is 20.8 Å². The third-order valence-corrected chi connectivity index (χ3v) is 5.64. The Kier molecular flexibility index (Phi) is 5.46. The van der Waals surface area contributed by atoms with E-state index in [9.17, 15) is 8.42 Å². The number of alkyl halides is 1. The molecule has 0 aliphatic carbocycles. The number of hydrogen-bond acceptors (Lipinski definition) is 2. The molecule has 0 bridgehead atoms. The van der Waals surface area contributed by atoms with Crippen molar-refractivity contribution < 1.29 is 8.42 Å². The summed E-state index contributed by atoms with van der Waals surface area (Å²) in [6.45, 7) is 6.46. The summed E-state index contributed by atoms with van der Waals surface area (Å²) >= 11 is 9.06. The number of sulfonamides is 1. The lowest BCUT2D eigenvalue weighted by molar-refractivity contribution is 0.310. The fourth-order valence-corrected chi connectivity index (χ4v) is 4.28. The highest BCUT2D eigenvalue weighted by atomic mass is 79.9. The van der Waals surface area contributed by atoms with Gasteiger partial charge in [0.15, 0.2) is 0 Å². The first-order chi connectivity index (χ1) is 8.58. The molecule has 108 valence electrons. The standard InChI is InChI=1S/C13H19BrClNO2S/c1-13(2,3)9-16(4)19(17,18)12-7-10(8-15)5-6-11(12)14/h5-7H,8-9H2,1-4H3. The van der Waals surface area contributed by atoms with Gasteiger partial charge in [0.05, 0.1) is 4.90 Å². The maximum atomic E-state index is 12.6. The maximum Gasteiger partial charge on any atom is 0.243 e. The van der Waals surface area contributed by atoms with Crippen molar-refractivity contribution in [2.45, 2.75) is 31.5 Å². The molecule has 1 aromatic carbocycles. The van der Waals surface area contributed by atoms with Crippen molar-refractivity contribution in [2.75, 3.05) is 13.6 Å². The molecule has 0 saturated heterocycles. The molecule has 0 fully saturated rings. The quantitative estimate of drug-likeness (QED) is 0.757. The maximum absolute atomic E-state index is 12.6. The van der Waals surface area contributed by atoms with Gasteiger partial charge in [-0.05, 0) is 39.0 Å². The molecule has 0 unspecified atom stereocenters. The van der Waals surface area contributed by atoms with E-state index in [1.165, 1.54) is 4.31 Å². The van der Waals surface area contributed by atoms with Gasteiger partial charge in [0.25, 0.3) is 0 Å². The molecule has 0 atom stereocenters. The predicted molar refractivity (Wildman–Crippen MR) is 83.0 cm³/mol. The van der Waals surface area contributed by atoms with Crippen molar-refractivity contribution in [2.24, 2.45) is 5.41 Å². The monoisotopic (exact) mass is 367 g/mol. The van der Waals surface area contributed by atoms with Crippen LogP contribution in [0.5, 0.6) is 0 Å². The minimum absolute atomic E-state index is 0.0988. The zero-order valence-corrected chi connectivity index (χ0v) is 14.7. The van der Waals surface area contributed by atoms with Gasteiger partial charge in [0, 0.05) is 23.9 Å². The molecule has 0 spiro atoms. The summed E-state index contributed by atoms with van der Waals surface area (Å²) in [6.07, 6.45) is 0. The number of nitrogens with zero attached hydrogens (tertiary/aromatic N) is 1. The summed E-state index contributed by atoms with van der Waals surface area (Å²) in [7, 11) is -1.91. The van der Waals surface area contributed by atoms with Gasteiger partial charge in [-0.15, -0.1) is 11.6 Å². The fraction of sp³-hybridized carbons (Fsp3) is 0.538. The van der Waals surface area contributed by atoms with Crippen LogP contribution in [0.1, 0.15) is 26.3 Å². The molecule has 0 amide bonds. The Bertz CT molecular complexity index is 552. The first-order valence-corrected chi connectivity index (χ1v) is 8.65. The van der Waals surface area contributed by atoms with Crippen LogP contribution in [-0.2, 0) is 15.9 Å². The summed E-state index contributed by atoms with van der Waals surface area (Å²) in [5.74, 6) is 0.290. The first kappa shape index (κ1) is 17.0. The van der Waals surface area contributed by atoms with E-state index in [-0.39, 0.29) is 10.3 Å². The molecule has 1 aromatic rings. The summed E-state index contributed by atoms with van der Waals surface area (Å²) in [4.78, 5) is 0.261. The van der Waals surface area contributed by atoms with Crippen LogP contribution in [0.2, 0.25) is 0 Å². The van der Waals surface area contributed by atoms with Gasteiger partial charge in [0.1, 0.15) is 0 Å². The van der Waals surface area contributed by atoms with Crippen LogP contribution in [-0.4, -0.2) is 26.3 Å². The number of halogens is 2. The second-order valence-corrected chi connectivity index (χ2v) is 8.86. The molecular formula is C13H19BrClNO2S. The minimum Gasteiger partial charge on any atom is -0.207 e. The molecule has 1 rings (SSSR count). The zero-order valence-electron chi connectivity index (χ0n) is 11.6. The van der Waals surface area contributed by atoms with E-state index >= 15 is 0 Å². The SMILES string of the molecule is CN(CC(C)(C)C)S(=O)(=O)c1cc(CCl)ccc1Br. The third-order valence-electron chi connectivity index (χ3n) is 2.54. The Morgan fingerprint density at radius 3 is 2.37 bits per heavy atom. The average molecular weight is 369 g/mol. The molecule has 0 heterocycles. The highest BCUT2D eigenvalue weighted by molar-refractivity contribution is 9.10. The van der Waals surface area contributed by atoms with Gasteiger partial charge in [0.2, 0.25) is 10.0 Å². The van der Waals surface area contributed by atoms with Gasteiger partial charge in [-0.1, -0.05) is 26.8 Å². The van der Waals surface area contributed by atoms with Gasteiger partial charge in [-0.2, -0.15) is 0 Å². The summed E-state index contributed by atoms with van der Waals surface area (Å²) in [5.41, 5.74) is 0.686. The molecule has 0 aliphatic heterocycles. The molecule has 0 radical (unpaired) electrons. The molecule has 6 heteroatoms. The van der Waals surface area contributed by atoms with Crippen LogP contribution in [0.4, 0.5) is 0 Å². The molecule has 19 heavy (non-hydrogen) atoms. The minimum atomic E-state index is -3.51. The highest BCUT2D eigenvalue weighted by Crippen LogP contribution is 2.28. The predicted octanol–water partition coefficient (Wildman–Crippen LogP) is 3.85. The van der Waals surface area contributed by atoms with Crippen molar-refractivity contribution >= 4 is 37.6 Å². The molecule has 0 N–H and O–H groups in total. The van der Waals surface area contributed by atoms with E-state index in [4.69, 9.17) is 11.6 Å². The van der Waals surface area contributed by atoms with Gasteiger partial charge >= 0.3 is 0 Å². The number of hydrogen-bond donors (Lipinski definition) is 0. The Hall–Kier alpha value is -0.100. The Morgan fingerprint density at radius 2 is 1.89 bits per heavy atom. The molecule has 0 saturated carbocycles. The lowest BCUT2D eigenvalue weighted by atomic mass is 9.97. The van der Waals surface area contributed by atoms with Gasteiger partial charge in [-0.25, -0.2) is 12.7 Å². The first-order valence-electron chi connectivity index (χ1n) is 5.88. The number of rotatable bonds is 4. The molecular weight excluding hydrogens is 350 g/mol. The number of benzene rings is 1. The average Bonchev–Trinajstić information content (AvgIpc) is 2.27. The summed E-state index contributed by atoms with van der Waals surface area (Å²) in [6, 6.07) is 5.14. The third kappa shape index (κ3) is 4.45. The largest absolute Gasteiger partial charge is 0.243 e. The van der Waals surface area contributed by atoms with Crippen molar-refractivity contribution in [1.82, 2.24) is 4.31 Å². The highest BCUT2D eigenvalue weighted by Gasteiger charge is 2.27. The Balaban J connectivity index is 3.20. The van der Waals surface area contributed by atoms with E-state index in [0.29, 0.717) is 16.9 Å². The Labute approximate surface area is 129 Å². The van der Waals surface area contributed by atoms with Crippen molar-refractivity contribution in [3.63, 3.8) is 0 Å². The van der Waals surface area contributed by atoms with Crippen molar-refractivity contribution in [1.29, 1.82) is 0 Å².